The minimum Gasteiger partial charge on any atom is -0.377 e. The van der Waals surface area contributed by atoms with Crippen LogP contribution in [0.5, 0.6) is 0 Å². The molecule has 3 rings (SSSR count). The first-order valence-corrected chi connectivity index (χ1v) is 11.2. The zero-order valence-corrected chi connectivity index (χ0v) is 16.7. The number of anilines is 2. The molecule has 0 bridgehead atoms. The summed E-state index contributed by atoms with van der Waals surface area (Å²) in [6.07, 6.45) is 0.380. The van der Waals surface area contributed by atoms with Crippen molar-refractivity contribution in [2.24, 2.45) is 0 Å². The molecular formula is C14H18Cl2N4O3S2. The van der Waals surface area contributed by atoms with E-state index in [2.05, 4.69) is 19.6 Å². The van der Waals surface area contributed by atoms with Crippen molar-refractivity contribution in [1.82, 2.24) is 9.97 Å². The molecule has 1 saturated heterocycles. The summed E-state index contributed by atoms with van der Waals surface area (Å²) in [6, 6.07) is 0.147. The lowest BCUT2D eigenvalue weighted by Crippen LogP contribution is -2.44. The van der Waals surface area contributed by atoms with E-state index >= 15 is 0 Å². The predicted octanol–water partition coefficient (Wildman–Crippen LogP) is 2.94. The van der Waals surface area contributed by atoms with Crippen molar-refractivity contribution in [3.05, 3.63) is 10.7 Å². The number of nitrogens with zero attached hydrogens (tertiary/aromatic N) is 3. The molecule has 11 heteroatoms. The van der Waals surface area contributed by atoms with Crippen LogP contribution in [0.25, 0.3) is 10.2 Å². The highest BCUT2D eigenvalue weighted by Gasteiger charge is 2.25. The molecule has 1 fully saturated rings. The first kappa shape index (κ1) is 18.9. The van der Waals surface area contributed by atoms with Crippen LogP contribution >= 0.6 is 34.5 Å². The summed E-state index contributed by atoms with van der Waals surface area (Å²) in [5.74, 6) is 0.959. The Morgan fingerprint density at radius 3 is 3.00 bits per heavy atom. The molecule has 1 N–H and O–H groups in total. The maximum Gasteiger partial charge on any atom is 0.232 e. The van der Waals surface area contributed by atoms with Crippen LogP contribution in [-0.4, -0.2) is 55.8 Å². The second-order valence-corrected chi connectivity index (χ2v) is 9.16. The van der Waals surface area contributed by atoms with Gasteiger partial charge in [0.05, 0.1) is 35.4 Å². The molecule has 0 unspecified atom stereocenters. The third kappa shape index (κ3) is 4.28. The molecule has 3 heterocycles. The van der Waals surface area contributed by atoms with Gasteiger partial charge in [-0.15, -0.1) is 22.9 Å². The highest BCUT2D eigenvalue weighted by molar-refractivity contribution is 7.92. The monoisotopic (exact) mass is 424 g/mol. The molecule has 0 amide bonds. The van der Waals surface area contributed by atoms with Crippen LogP contribution < -0.4 is 9.62 Å². The number of ether oxygens (including phenoxy) is 1. The fraction of sp³-hybridized carbons (Fsp3) is 0.571. The van der Waals surface area contributed by atoms with Gasteiger partial charge in [0.25, 0.3) is 0 Å². The van der Waals surface area contributed by atoms with Gasteiger partial charge in [0, 0.05) is 17.8 Å². The highest BCUT2D eigenvalue weighted by Crippen LogP contribution is 2.37. The van der Waals surface area contributed by atoms with E-state index in [0.717, 1.165) is 4.70 Å². The maximum atomic E-state index is 12.2. The average Bonchev–Trinajstić information content (AvgIpc) is 2.95. The van der Waals surface area contributed by atoms with Crippen LogP contribution in [0.1, 0.15) is 13.3 Å². The van der Waals surface area contributed by atoms with Crippen LogP contribution in [0.2, 0.25) is 5.28 Å². The minimum absolute atomic E-state index is 0.0417. The number of fused-ring (bicyclic) bond motifs is 1. The van der Waals surface area contributed by atoms with Gasteiger partial charge in [0.1, 0.15) is 5.52 Å². The summed E-state index contributed by atoms with van der Waals surface area (Å²) in [5, 5.41) is 1.81. The molecule has 1 aliphatic rings. The van der Waals surface area contributed by atoms with Gasteiger partial charge >= 0.3 is 0 Å². The molecule has 138 valence electrons. The van der Waals surface area contributed by atoms with Crippen LogP contribution in [0.15, 0.2) is 5.38 Å². The molecule has 1 aliphatic heterocycles. The molecule has 0 spiro atoms. The number of halogens is 2. The number of thiophene rings is 1. The summed E-state index contributed by atoms with van der Waals surface area (Å²) in [6.45, 7) is 3.95. The Hall–Kier alpha value is -0.870. The third-order valence-corrected chi connectivity index (χ3v) is 6.58. The second kappa shape index (κ2) is 7.79. The first-order chi connectivity index (χ1) is 11.9. The molecule has 2 aromatic heterocycles. The van der Waals surface area contributed by atoms with Crippen LogP contribution in [0.4, 0.5) is 11.5 Å². The van der Waals surface area contributed by atoms with Gasteiger partial charge in [0.15, 0.2) is 5.82 Å². The smallest absolute Gasteiger partial charge is 0.232 e. The fourth-order valence-electron chi connectivity index (χ4n) is 2.65. The van der Waals surface area contributed by atoms with Crippen molar-refractivity contribution < 1.29 is 13.2 Å². The molecule has 2 aromatic rings. The van der Waals surface area contributed by atoms with E-state index in [0.29, 0.717) is 49.1 Å². The Kier molecular flexibility index (Phi) is 5.89. The minimum atomic E-state index is -3.48. The first-order valence-electron chi connectivity index (χ1n) is 7.77. The van der Waals surface area contributed by atoms with Crippen molar-refractivity contribution in [3.8, 4) is 0 Å². The number of nitrogens with one attached hydrogen (secondary N) is 1. The van der Waals surface area contributed by atoms with E-state index < -0.39 is 10.0 Å². The van der Waals surface area contributed by atoms with Gasteiger partial charge in [-0.05, 0) is 24.9 Å². The van der Waals surface area contributed by atoms with Crippen molar-refractivity contribution in [2.75, 3.05) is 41.0 Å². The van der Waals surface area contributed by atoms with E-state index in [1.54, 1.807) is 5.38 Å². The molecule has 1 atom stereocenters. The quantitative estimate of drug-likeness (QED) is 0.566. The Labute approximate surface area is 160 Å². The van der Waals surface area contributed by atoms with Crippen molar-refractivity contribution >= 4 is 66.3 Å². The van der Waals surface area contributed by atoms with E-state index in [1.807, 2.05) is 6.92 Å². The average molecular weight is 425 g/mol. The van der Waals surface area contributed by atoms with Gasteiger partial charge in [0.2, 0.25) is 15.3 Å². The van der Waals surface area contributed by atoms with Crippen molar-refractivity contribution in [3.63, 3.8) is 0 Å². The van der Waals surface area contributed by atoms with E-state index in [1.165, 1.54) is 11.3 Å². The van der Waals surface area contributed by atoms with E-state index in [9.17, 15) is 8.42 Å². The molecular weight excluding hydrogens is 407 g/mol. The van der Waals surface area contributed by atoms with Crippen molar-refractivity contribution in [1.29, 1.82) is 0 Å². The van der Waals surface area contributed by atoms with Crippen LogP contribution in [-0.2, 0) is 14.8 Å². The maximum absolute atomic E-state index is 12.2. The highest BCUT2D eigenvalue weighted by atomic mass is 35.5. The van der Waals surface area contributed by atoms with E-state index in [-0.39, 0.29) is 17.1 Å². The number of hydrogen-bond donors (Lipinski definition) is 1. The standard InChI is InChI=1S/C14H18Cl2N4O3S2/c1-9-7-23-5-4-20(9)13-12-11(17-14(16)18-13)10(8-24-12)19-25(21,22)6-2-3-15/h8-9,19H,2-7H2,1H3/t9-/m1/s1. The summed E-state index contributed by atoms with van der Waals surface area (Å²) in [5.41, 5.74) is 0.925. The normalized spacial score (nSPS) is 18.7. The Bertz CT molecular complexity index is 859. The Balaban J connectivity index is 1.98. The lowest BCUT2D eigenvalue weighted by molar-refractivity contribution is 0.0987. The molecule has 0 saturated carbocycles. The van der Waals surface area contributed by atoms with Crippen molar-refractivity contribution in [2.45, 2.75) is 19.4 Å². The number of aromatic nitrogens is 2. The zero-order chi connectivity index (χ0) is 18.0. The summed E-state index contributed by atoms with van der Waals surface area (Å²) >= 11 is 13.1. The van der Waals surface area contributed by atoms with Gasteiger partial charge in [-0.3, -0.25) is 4.72 Å². The third-order valence-electron chi connectivity index (χ3n) is 3.82. The lowest BCUT2D eigenvalue weighted by Gasteiger charge is -2.34. The van der Waals surface area contributed by atoms with E-state index in [4.69, 9.17) is 27.9 Å². The lowest BCUT2D eigenvalue weighted by atomic mass is 10.2. The molecule has 0 aliphatic carbocycles. The molecule has 7 nitrogen and oxygen atoms in total. The van der Waals surface area contributed by atoms with Gasteiger partial charge in [-0.1, -0.05) is 0 Å². The van der Waals surface area contributed by atoms with Gasteiger partial charge < -0.3 is 9.64 Å². The number of alkyl halides is 1. The predicted molar refractivity (Wildman–Crippen MR) is 103 cm³/mol. The van der Waals surface area contributed by atoms with Crippen LogP contribution in [0, 0.1) is 0 Å². The Morgan fingerprint density at radius 2 is 2.28 bits per heavy atom. The van der Waals surface area contributed by atoms with Crippen LogP contribution in [0.3, 0.4) is 0 Å². The zero-order valence-electron chi connectivity index (χ0n) is 13.5. The number of rotatable bonds is 6. The summed E-state index contributed by atoms with van der Waals surface area (Å²) in [7, 11) is -3.48. The Morgan fingerprint density at radius 1 is 1.48 bits per heavy atom. The summed E-state index contributed by atoms with van der Waals surface area (Å²) < 4.78 is 33.2. The molecule has 0 aromatic carbocycles. The molecule has 25 heavy (non-hydrogen) atoms. The topological polar surface area (TPSA) is 84.4 Å². The largest absolute Gasteiger partial charge is 0.377 e. The number of hydrogen-bond acceptors (Lipinski definition) is 7. The SMILES string of the molecule is C[C@@H]1COCCN1c1nc(Cl)nc2c(NS(=O)(=O)CCCCl)csc12. The molecule has 0 radical (unpaired) electrons. The number of morpholine rings is 1. The second-order valence-electron chi connectivity index (χ2n) is 5.72. The number of sulfonamides is 1. The van der Waals surface area contributed by atoms with Gasteiger partial charge in [-0.25, -0.2) is 13.4 Å². The summed E-state index contributed by atoms with van der Waals surface area (Å²) in [4.78, 5) is 10.7. The fourth-order valence-corrected chi connectivity index (χ4v) is 5.24. The van der Waals surface area contributed by atoms with Gasteiger partial charge in [-0.2, -0.15) is 4.98 Å².